The first-order valence-electron chi connectivity index (χ1n) is 10.2. The molecule has 11 heteroatoms. The molecule has 0 spiro atoms. The van der Waals surface area contributed by atoms with Gasteiger partial charge in [0, 0.05) is 12.1 Å². The van der Waals surface area contributed by atoms with E-state index in [-0.39, 0.29) is 42.6 Å². The Hall–Kier alpha value is -3.70. The number of aliphatic hydroxyl groups is 2. The maximum absolute atomic E-state index is 11.6. The zero-order valence-electron chi connectivity index (χ0n) is 17.8. The van der Waals surface area contributed by atoms with Crippen LogP contribution in [0.1, 0.15) is 24.5 Å². The van der Waals surface area contributed by atoms with Gasteiger partial charge in [0.25, 0.3) is 0 Å². The lowest BCUT2D eigenvalue weighted by molar-refractivity contribution is -0.194. The second-order valence-electron chi connectivity index (χ2n) is 7.40. The topological polar surface area (TPSA) is 175 Å². The van der Waals surface area contributed by atoms with Crippen molar-refractivity contribution in [1.29, 1.82) is 0 Å². The van der Waals surface area contributed by atoms with E-state index in [1.54, 1.807) is 6.07 Å². The van der Waals surface area contributed by atoms with Gasteiger partial charge in [-0.1, -0.05) is 19.4 Å². The summed E-state index contributed by atoms with van der Waals surface area (Å²) in [5.41, 5.74) is 1.33. The molecule has 1 unspecified atom stereocenters. The predicted octanol–water partition coefficient (Wildman–Crippen LogP) is 1.33. The van der Waals surface area contributed by atoms with Crippen LogP contribution >= 0.6 is 0 Å². The van der Waals surface area contributed by atoms with Gasteiger partial charge in [-0.3, -0.25) is 0 Å². The van der Waals surface area contributed by atoms with Crippen molar-refractivity contribution >= 4 is 17.6 Å². The second kappa shape index (κ2) is 9.84. The first-order valence-corrected chi connectivity index (χ1v) is 10.2. The molecule has 178 valence electrons. The van der Waals surface area contributed by atoms with E-state index in [1.165, 1.54) is 24.3 Å². The van der Waals surface area contributed by atoms with Crippen molar-refractivity contribution in [1.82, 2.24) is 0 Å². The van der Waals surface area contributed by atoms with Crippen LogP contribution in [0.5, 0.6) is 23.0 Å². The molecule has 33 heavy (non-hydrogen) atoms. The number of hydrogen-bond donors (Lipinski definition) is 6. The highest BCUT2D eigenvalue weighted by atomic mass is 16.8. The van der Waals surface area contributed by atoms with Crippen LogP contribution in [0.25, 0.3) is 0 Å². The van der Waals surface area contributed by atoms with Crippen molar-refractivity contribution in [2.45, 2.75) is 38.3 Å². The van der Waals surface area contributed by atoms with Crippen LogP contribution in [0.3, 0.4) is 0 Å². The van der Waals surface area contributed by atoms with Gasteiger partial charge in [-0.2, -0.15) is 0 Å². The smallest absolute Gasteiger partial charge is 0.453 e. The minimum Gasteiger partial charge on any atom is -0.508 e. The summed E-state index contributed by atoms with van der Waals surface area (Å²) in [7, 11) is 0. The van der Waals surface area contributed by atoms with Crippen LogP contribution in [-0.2, 0) is 22.6 Å². The Kier molecular flexibility index (Phi) is 7.14. The van der Waals surface area contributed by atoms with E-state index >= 15 is 0 Å². The SMILES string of the molecule is CCCc1ccc2c(c1NCC(O)COc1ccc(O)c(CO)c1)OC(C(=O)O)(C(=O)O)O2. The Balaban J connectivity index is 1.74. The summed E-state index contributed by atoms with van der Waals surface area (Å²) >= 11 is 0. The molecule has 1 atom stereocenters. The number of rotatable bonds is 11. The molecule has 0 aromatic heterocycles. The van der Waals surface area contributed by atoms with Gasteiger partial charge in [-0.25, -0.2) is 9.59 Å². The highest BCUT2D eigenvalue weighted by molar-refractivity contribution is 6.02. The molecule has 1 aliphatic heterocycles. The Morgan fingerprint density at radius 3 is 2.48 bits per heavy atom. The number of carboxylic acids is 2. The van der Waals surface area contributed by atoms with Crippen LogP contribution in [0.15, 0.2) is 30.3 Å². The maximum atomic E-state index is 11.6. The van der Waals surface area contributed by atoms with Crippen LogP contribution in [0.2, 0.25) is 0 Å². The monoisotopic (exact) mass is 463 g/mol. The normalized spacial score (nSPS) is 14.5. The lowest BCUT2D eigenvalue weighted by atomic mass is 10.1. The minimum atomic E-state index is -2.89. The molecule has 1 aliphatic rings. The largest absolute Gasteiger partial charge is 0.508 e. The van der Waals surface area contributed by atoms with E-state index in [9.17, 15) is 35.1 Å². The third kappa shape index (κ3) is 4.89. The molecule has 3 rings (SSSR count). The first-order chi connectivity index (χ1) is 15.7. The number of hydrogen-bond acceptors (Lipinski definition) is 9. The van der Waals surface area contributed by atoms with Gasteiger partial charge in [0.1, 0.15) is 24.2 Å². The van der Waals surface area contributed by atoms with E-state index in [0.717, 1.165) is 12.0 Å². The fraction of sp³-hybridized carbons (Fsp3) is 0.364. The minimum absolute atomic E-state index is 0.0331. The Labute approximate surface area is 188 Å². The third-order valence-corrected chi connectivity index (χ3v) is 4.97. The zero-order valence-corrected chi connectivity index (χ0v) is 17.8. The molecule has 2 aromatic rings. The molecule has 6 N–H and O–H groups in total. The zero-order chi connectivity index (χ0) is 24.2. The predicted molar refractivity (Wildman–Crippen MR) is 114 cm³/mol. The van der Waals surface area contributed by atoms with Crippen molar-refractivity contribution in [3.05, 3.63) is 41.5 Å². The van der Waals surface area contributed by atoms with Gasteiger partial charge in [-0.05, 0) is 36.2 Å². The molecule has 0 bridgehead atoms. The summed E-state index contributed by atoms with van der Waals surface area (Å²) in [4.78, 5) is 23.1. The Morgan fingerprint density at radius 2 is 1.85 bits per heavy atom. The number of fused-ring (bicyclic) bond motifs is 1. The summed E-state index contributed by atoms with van der Waals surface area (Å²) in [6.45, 7) is 1.40. The first kappa shape index (κ1) is 24.0. The highest BCUT2D eigenvalue weighted by Crippen LogP contribution is 2.47. The number of nitrogens with one attached hydrogen (secondary N) is 1. The van der Waals surface area contributed by atoms with Gasteiger partial charge in [0.15, 0.2) is 11.5 Å². The molecule has 0 radical (unpaired) electrons. The molecule has 2 aromatic carbocycles. The van der Waals surface area contributed by atoms with Crippen LogP contribution in [0.4, 0.5) is 5.69 Å². The van der Waals surface area contributed by atoms with E-state index in [1.807, 2.05) is 6.92 Å². The summed E-state index contributed by atoms with van der Waals surface area (Å²) in [5.74, 6) is -6.35. The molecule has 0 fully saturated rings. The van der Waals surface area contributed by atoms with E-state index in [0.29, 0.717) is 17.9 Å². The van der Waals surface area contributed by atoms with Crippen molar-refractivity contribution < 1.29 is 49.3 Å². The number of aromatic hydroxyl groups is 1. The fourth-order valence-corrected chi connectivity index (χ4v) is 3.29. The number of aryl methyl sites for hydroxylation is 1. The average molecular weight is 463 g/mol. The molecule has 1 heterocycles. The molecule has 0 saturated carbocycles. The number of aliphatic carboxylic acids is 2. The molecule has 11 nitrogen and oxygen atoms in total. The molecular formula is C22H25NO10. The van der Waals surface area contributed by atoms with Crippen molar-refractivity contribution in [3.8, 4) is 23.0 Å². The maximum Gasteiger partial charge on any atom is 0.453 e. The quantitative estimate of drug-likeness (QED) is 0.265. The fourth-order valence-electron chi connectivity index (χ4n) is 3.29. The van der Waals surface area contributed by atoms with Gasteiger partial charge >= 0.3 is 17.7 Å². The Morgan fingerprint density at radius 1 is 1.12 bits per heavy atom. The molecule has 0 saturated heterocycles. The third-order valence-electron chi connectivity index (χ3n) is 4.97. The van der Waals surface area contributed by atoms with Crippen LogP contribution in [0, 0.1) is 0 Å². The van der Waals surface area contributed by atoms with Crippen molar-refractivity contribution in [2.75, 3.05) is 18.5 Å². The molecule has 0 amide bonds. The number of benzene rings is 2. The number of aliphatic hydroxyl groups excluding tert-OH is 2. The van der Waals surface area contributed by atoms with Gasteiger partial charge in [0.2, 0.25) is 0 Å². The van der Waals surface area contributed by atoms with E-state index < -0.39 is 23.8 Å². The highest BCUT2D eigenvalue weighted by Gasteiger charge is 2.58. The summed E-state index contributed by atoms with van der Waals surface area (Å²) in [5, 5.41) is 50.9. The number of carboxylic acid groups (broad SMARTS) is 2. The Bertz CT molecular complexity index is 1020. The number of anilines is 1. The van der Waals surface area contributed by atoms with Gasteiger partial charge in [0.05, 0.1) is 12.3 Å². The lowest BCUT2D eigenvalue weighted by Crippen LogP contribution is -2.54. The number of ether oxygens (including phenoxy) is 3. The number of phenols is 1. The van der Waals surface area contributed by atoms with Crippen molar-refractivity contribution in [2.24, 2.45) is 0 Å². The van der Waals surface area contributed by atoms with Crippen molar-refractivity contribution in [3.63, 3.8) is 0 Å². The molecule has 0 aliphatic carbocycles. The lowest BCUT2D eigenvalue weighted by Gasteiger charge is -2.19. The standard InChI is InChI=1S/C22H25NO10/c1-2-3-12-4-7-17-19(33-22(32-17,20(27)28)21(29)30)18(12)23-9-14(25)11-31-15-5-6-16(26)13(8-15)10-24/h4-8,14,23-26H,2-3,9-11H2,1H3,(H,27,28)(H,29,30). The summed E-state index contributed by atoms with van der Waals surface area (Å²) < 4.78 is 15.9. The van der Waals surface area contributed by atoms with Crippen LogP contribution < -0.4 is 19.5 Å². The number of carbonyl (C=O) groups is 2. The summed E-state index contributed by atoms with van der Waals surface area (Å²) in [6, 6.07) is 7.41. The van der Waals surface area contributed by atoms with Gasteiger partial charge in [-0.15, -0.1) is 0 Å². The molecular weight excluding hydrogens is 438 g/mol. The van der Waals surface area contributed by atoms with Gasteiger partial charge < -0.3 is 45.1 Å². The second-order valence-corrected chi connectivity index (χ2v) is 7.40. The summed E-state index contributed by atoms with van der Waals surface area (Å²) in [6.07, 6.45) is 0.306. The van der Waals surface area contributed by atoms with E-state index in [2.05, 4.69) is 5.32 Å². The van der Waals surface area contributed by atoms with E-state index in [4.69, 9.17) is 14.2 Å². The van der Waals surface area contributed by atoms with Crippen LogP contribution in [-0.4, -0.2) is 62.5 Å². The average Bonchev–Trinajstić information content (AvgIpc) is 3.19.